The fourth-order valence-corrected chi connectivity index (χ4v) is 8.99. The van der Waals surface area contributed by atoms with E-state index in [2.05, 4.69) is 14.4 Å². The van der Waals surface area contributed by atoms with Crippen molar-refractivity contribution in [2.24, 2.45) is 5.92 Å². The van der Waals surface area contributed by atoms with Crippen molar-refractivity contribution in [3.63, 3.8) is 0 Å². The highest BCUT2D eigenvalue weighted by Crippen LogP contribution is 2.39. The molecular weight excluding hydrogens is 723 g/mol. The number of halogens is 4. The number of nitrogens with zero attached hydrogens (tertiary/aromatic N) is 2. The molecule has 254 valence electrons. The number of ether oxygens (including phenoxy) is 3. The number of sulfonamides is 2. The summed E-state index contributed by atoms with van der Waals surface area (Å²) in [6.07, 6.45) is 3.41. The summed E-state index contributed by atoms with van der Waals surface area (Å²) in [7, 11) is -6.84. The Morgan fingerprint density at radius 1 is 1.04 bits per heavy atom. The van der Waals surface area contributed by atoms with Crippen LogP contribution >= 0.6 is 35.0 Å². The minimum absolute atomic E-state index is 0.0190. The van der Waals surface area contributed by atoms with Crippen molar-refractivity contribution in [2.45, 2.75) is 47.1 Å². The van der Waals surface area contributed by atoms with Gasteiger partial charge in [-0.05, 0) is 73.3 Å². The van der Waals surface area contributed by atoms with Crippen molar-refractivity contribution < 1.29 is 44.6 Å². The molecule has 1 saturated heterocycles. The van der Waals surface area contributed by atoms with Gasteiger partial charge in [0.05, 0.1) is 26.4 Å². The summed E-state index contributed by atoms with van der Waals surface area (Å²) >= 11 is 13.8. The maximum absolute atomic E-state index is 13.8. The van der Waals surface area contributed by atoms with Crippen LogP contribution in [0.25, 0.3) is 0 Å². The first kappa shape index (κ1) is 35.6. The lowest BCUT2D eigenvalue weighted by molar-refractivity contribution is -0.150. The number of aromatic nitrogens is 1. The van der Waals surface area contributed by atoms with E-state index in [0.717, 1.165) is 53.2 Å². The molecule has 5 rings (SSSR count). The number of hydrogen-bond acceptors (Lipinski definition) is 10. The first-order valence-corrected chi connectivity index (χ1v) is 18.9. The molecule has 0 bridgehead atoms. The van der Waals surface area contributed by atoms with Gasteiger partial charge in [-0.2, -0.15) is 13.1 Å². The van der Waals surface area contributed by atoms with Crippen molar-refractivity contribution in [1.82, 2.24) is 14.0 Å². The summed E-state index contributed by atoms with van der Waals surface area (Å²) in [4.78, 5) is 17.3. The third-order valence-corrected chi connectivity index (χ3v) is 12.7. The minimum atomic E-state index is -4.27. The Labute approximate surface area is 285 Å². The Morgan fingerprint density at radius 2 is 1.70 bits per heavy atom. The molecule has 47 heavy (non-hydrogen) atoms. The molecule has 1 aromatic heterocycles. The molecule has 2 aromatic carbocycles. The van der Waals surface area contributed by atoms with Crippen molar-refractivity contribution in [1.29, 1.82) is 0 Å². The topological polar surface area (TPSA) is 141 Å². The summed E-state index contributed by atoms with van der Waals surface area (Å²) in [5.41, 5.74) is 0.711. The second-order valence-corrected chi connectivity index (χ2v) is 16.3. The van der Waals surface area contributed by atoms with E-state index in [9.17, 15) is 30.4 Å². The van der Waals surface area contributed by atoms with Crippen LogP contribution in [0.5, 0.6) is 11.5 Å². The van der Waals surface area contributed by atoms with Crippen LogP contribution in [0.1, 0.15) is 30.1 Å². The van der Waals surface area contributed by atoms with Crippen LogP contribution in [-0.4, -0.2) is 70.0 Å². The predicted octanol–water partition coefficient (Wildman–Crippen LogP) is 5.28. The number of hydrogen-bond donors (Lipinski definition) is 1. The SMILES string of the molecule is CNS(=O)(=O)c1ccc(S(=O)(=O)N2CCSC2C(=O)OC(Cc2c(Cl)cncc2Cl)c2ccc(OC(F)F)c(OCC3CC3)c2)cc1. The highest BCUT2D eigenvalue weighted by molar-refractivity contribution is 8.02. The summed E-state index contributed by atoms with van der Waals surface area (Å²) in [6.45, 7) is -2.85. The van der Waals surface area contributed by atoms with Crippen LogP contribution in [-0.2, 0) is 36.0 Å². The Bertz CT molecular complexity index is 1810. The molecule has 2 aliphatic rings. The molecule has 1 saturated carbocycles. The lowest BCUT2D eigenvalue weighted by Crippen LogP contribution is -2.40. The zero-order chi connectivity index (χ0) is 33.9. The average Bonchev–Trinajstić information content (AvgIpc) is 3.73. The zero-order valence-corrected chi connectivity index (χ0v) is 28.6. The number of carbonyl (C=O) groups is 1. The Balaban J connectivity index is 1.44. The van der Waals surface area contributed by atoms with Gasteiger partial charge in [-0.25, -0.2) is 26.4 Å². The standard InChI is InChI=1S/C29H29Cl2F2N3O8S3/c1-34-46(38,39)19-5-7-20(8-6-19)47(40,41)36-10-11-45-27(36)28(37)43-25(13-21-22(30)14-35-15-23(21)31)18-4-9-24(44-29(32)33)26(12-18)42-16-17-2-3-17/h4-9,12,14-15,17,25,27,29,34H,2-3,10-11,13,16H2,1H3. The van der Waals surface area contributed by atoms with E-state index in [-0.39, 0.29) is 62.6 Å². The van der Waals surface area contributed by atoms with Crippen LogP contribution in [0.2, 0.25) is 10.0 Å². The normalized spacial score (nSPS) is 17.9. The van der Waals surface area contributed by atoms with E-state index in [4.69, 9.17) is 32.7 Å². The molecule has 11 nitrogen and oxygen atoms in total. The molecule has 2 heterocycles. The minimum Gasteiger partial charge on any atom is -0.489 e. The van der Waals surface area contributed by atoms with E-state index in [1.165, 1.54) is 37.6 Å². The molecule has 1 aliphatic carbocycles. The number of rotatable bonds is 14. The zero-order valence-electron chi connectivity index (χ0n) is 24.6. The van der Waals surface area contributed by atoms with Crippen LogP contribution in [0.4, 0.5) is 8.78 Å². The number of thioether (sulfide) groups is 1. The van der Waals surface area contributed by atoms with Crippen molar-refractivity contribution in [2.75, 3.05) is 26.0 Å². The smallest absolute Gasteiger partial charge is 0.387 e. The second-order valence-electron chi connectivity index (χ2n) is 10.6. The molecule has 18 heteroatoms. The van der Waals surface area contributed by atoms with Gasteiger partial charge in [0, 0.05) is 31.1 Å². The fourth-order valence-electron chi connectivity index (χ4n) is 4.70. The molecule has 2 atom stereocenters. The number of nitrogens with one attached hydrogen (secondary N) is 1. The van der Waals surface area contributed by atoms with E-state index in [1.54, 1.807) is 0 Å². The molecule has 2 fully saturated rings. The van der Waals surface area contributed by atoms with Gasteiger partial charge in [-0.3, -0.25) is 4.98 Å². The summed E-state index contributed by atoms with van der Waals surface area (Å²) < 4.78 is 97.3. The average molecular weight is 753 g/mol. The van der Waals surface area contributed by atoms with Gasteiger partial charge in [0.15, 0.2) is 16.9 Å². The molecule has 0 amide bonds. The largest absolute Gasteiger partial charge is 0.489 e. The molecular formula is C29H29Cl2F2N3O8S3. The highest BCUT2D eigenvalue weighted by Gasteiger charge is 2.42. The first-order valence-electron chi connectivity index (χ1n) is 14.2. The lowest BCUT2D eigenvalue weighted by atomic mass is 10.0. The Kier molecular flexibility index (Phi) is 11.2. The van der Waals surface area contributed by atoms with Crippen molar-refractivity contribution in [3.8, 4) is 11.5 Å². The second kappa shape index (κ2) is 14.8. The van der Waals surface area contributed by atoms with Crippen molar-refractivity contribution in [3.05, 3.63) is 76.0 Å². The van der Waals surface area contributed by atoms with Gasteiger partial charge in [0.1, 0.15) is 6.10 Å². The quantitative estimate of drug-likeness (QED) is 0.217. The maximum atomic E-state index is 13.8. The number of pyridine rings is 1. The third-order valence-electron chi connectivity index (χ3n) is 7.39. The van der Waals surface area contributed by atoms with Gasteiger partial charge < -0.3 is 14.2 Å². The Hall–Kier alpha value is -2.73. The number of carbonyl (C=O) groups excluding carboxylic acids is 1. The molecule has 0 radical (unpaired) electrons. The lowest BCUT2D eigenvalue weighted by Gasteiger charge is -2.26. The van der Waals surface area contributed by atoms with Crippen LogP contribution < -0.4 is 14.2 Å². The maximum Gasteiger partial charge on any atom is 0.387 e. The van der Waals surface area contributed by atoms with Crippen LogP contribution in [0, 0.1) is 5.92 Å². The fraction of sp³-hybridized carbons (Fsp3) is 0.379. The summed E-state index contributed by atoms with van der Waals surface area (Å²) in [5.74, 6) is -0.517. The molecule has 3 aromatic rings. The highest BCUT2D eigenvalue weighted by atomic mass is 35.5. The van der Waals surface area contributed by atoms with E-state index >= 15 is 0 Å². The Morgan fingerprint density at radius 3 is 2.32 bits per heavy atom. The molecule has 1 N–H and O–H groups in total. The van der Waals surface area contributed by atoms with Gasteiger partial charge in [-0.15, -0.1) is 11.8 Å². The van der Waals surface area contributed by atoms with Gasteiger partial charge in [-0.1, -0.05) is 29.3 Å². The van der Waals surface area contributed by atoms with Gasteiger partial charge in [0.2, 0.25) is 20.0 Å². The first-order chi connectivity index (χ1) is 22.3. The molecule has 0 spiro atoms. The summed E-state index contributed by atoms with van der Waals surface area (Å²) in [6, 6.07) is 8.73. The third kappa shape index (κ3) is 8.47. The monoisotopic (exact) mass is 751 g/mol. The molecule has 1 aliphatic heterocycles. The van der Waals surface area contributed by atoms with Gasteiger partial charge in [0.25, 0.3) is 0 Å². The van der Waals surface area contributed by atoms with Crippen LogP contribution in [0.3, 0.4) is 0 Å². The number of benzene rings is 2. The van der Waals surface area contributed by atoms with E-state index < -0.39 is 44.1 Å². The van der Waals surface area contributed by atoms with Crippen LogP contribution in [0.15, 0.2) is 64.6 Å². The number of esters is 1. The van der Waals surface area contributed by atoms with E-state index in [1.807, 2.05) is 0 Å². The molecule has 2 unspecified atom stereocenters. The van der Waals surface area contributed by atoms with Gasteiger partial charge >= 0.3 is 12.6 Å². The predicted molar refractivity (Wildman–Crippen MR) is 171 cm³/mol. The van der Waals surface area contributed by atoms with Crippen molar-refractivity contribution >= 4 is 61.0 Å². The summed E-state index contributed by atoms with van der Waals surface area (Å²) in [5, 5.41) is -0.923. The number of alkyl halides is 2. The van der Waals surface area contributed by atoms with E-state index in [0.29, 0.717) is 11.1 Å².